The summed E-state index contributed by atoms with van der Waals surface area (Å²) < 4.78 is 39.3. The van der Waals surface area contributed by atoms with Crippen LogP contribution in [-0.2, 0) is 5.88 Å². The maximum Gasteiger partial charge on any atom is 0.574 e. The number of hydrogen-bond donors (Lipinski definition) is 1. The molecular formula is C7H4ClF3INO2. The Morgan fingerprint density at radius 2 is 2.13 bits per heavy atom. The van der Waals surface area contributed by atoms with Crippen molar-refractivity contribution < 1.29 is 23.0 Å². The quantitative estimate of drug-likeness (QED) is 0.505. The largest absolute Gasteiger partial charge is 0.574 e. The minimum Gasteiger partial charge on any atom is -0.503 e. The van der Waals surface area contributed by atoms with Crippen molar-refractivity contribution in [3.63, 3.8) is 0 Å². The van der Waals surface area contributed by atoms with Crippen LogP contribution >= 0.6 is 34.2 Å². The summed E-state index contributed by atoms with van der Waals surface area (Å²) in [6.07, 6.45) is -4.88. The van der Waals surface area contributed by atoms with Gasteiger partial charge in [-0.15, -0.1) is 24.8 Å². The predicted molar refractivity (Wildman–Crippen MR) is 54.9 cm³/mol. The first-order valence-corrected chi connectivity index (χ1v) is 5.15. The van der Waals surface area contributed by atoms with E-state index in [9.17, 15) is 13.2 Å². The van der Waals surface area contributed by atoms with Crippen molar-refractivity contribution in [1.29, 1.82) is 0 Å². The van der Waals surface area contributed by atoms with Gasteiger partial charge in [0.2, 0.25) is 0 Å². The Hall–Kier alpha value is -0.440. The molecule has 84 valence electrons. The number of alkyl halides is 4. The number of hydrogen-bond acceptors (Lipinski definition) is 3. The van der Waals surface area contributed by atoms with Crippen LogP contribution in [0.3, 0.4) is 0 Å². The Morgan fingerprint density at radius 3 is 2.60 bits per heavy atom. The summed E-state index contributed by atoms with van der Waals surface area (Å²) in [5, 5.41) is 9.16. The maximum atomic E-state index is 11.8. The number of nitrogens with zero attached hydrogens (tertiary/aromatic N) is 1. The van der Waals surface area contributed by atoms with Crippen LogP contribution in [0.2, 0.25) is 0 Å². The zero-order chi connectivity index (χ0) is 11.6. The van der Waals surface area contributed by atoms with Gasteiger partial charge in [0, 0.05) is 5.56 Å². The molecule has 0 aromatic carbocycles. The molecule has 0 aliphatic heterocycles. The highest BCUT2D eigenvalue weighted by Gasteiger charge is 2.33. The van der Waals surface area contributed by atoms with Gasteiger partial charge in [0.15, 0.2) is 5.75 Å². The molecule has 1 rings (SSSR count). The highest BCUT2D eigenvalue weighted by molar-refractivity contribution is 14.1. The van der Waals surface area contributed by atoms with E-state index in [1.54, 1.807) is 22.6 Å². The number of pyridine rings is 1. The van der Waals surface area contributed by atoms with E-state index in [1.807, 2.05) is 0 Å². The van der Waals surface area contributed by atoms with Gasteiger partial charge in [-0.1, -0.05) is 0 Å². The highest BCUT2D eigenvalue weighted by Crippen LogP contribution is 2.31. The summed E-state index contributed by atoms with van der Waals surface area (Å²) in [5.41, 5.74) is 0.435. The standard InChI is InChI=1S/C7H4ClF3INO2/c8-2-3-1-4(14)6(13-5(3)12)15-7(9,10)11/h1,14H,2H2. The van der Waals surface area contributed by atoms with E-state index in [-0.39, 0.29) is 9.58 Å². The second-order valence-electron chi connectivity index (χ2n) is 2.44. The van der Waals surface area contributed by atoms with E-state index in [1.165, 1.54) is 0 Å². The third-order valence-corrected chi connectivity index (χ3v) is 2.57. The molecule has 1 aromatic heterocycles. The first kappa shape index (κ1) is 12.6. The van der Waals surface area contributed by atoms with Crippen molar-refractivity contribution in [2.45, 2.75) is 12.2 Å². The number of aromatic nitrogens is 1. The van der Waals surface area contributed by atoms with Gasteiger partial charge in [-0.25, -0.2) is 4.98 Å². The van der Waals surface area contributed by atoms with Crippen LogP contribution in [0.5, 0.6) is 11.6 Å². The second-order valence-corrected chi connectivity index (χ2v) is 3.73. The van der Waals surface area contributed by atoms with E-state index in [2.05, 4.69) is 9.72 Å². The monoisotopic (exact) mass is 353 g/mol. The Bertz CT molecular complexity index is 372. The Morgan fingerprint density at radius 1 is 1.53 bits per heavy atom. The minimum atomic E-state index is -4.88. The van der Waals surface area contributed by atoms with Crippen LogP contribution in [0.4, 0.5) is 13.2 Å². The molecule has 0 fully saturated rings. The molecule has 1 aromatic rings. The van der Waals surface area contributed by atoms with Crippen molar-refractivity contribution >= 4 is 34.2 Å². The Labute approximate surface area is 101 Å². The van der Waals surface area contributed by atoms with Gasteiger partial charge in [-0.3, -0.25) is 0 Å². The summed E-state index contributed by atoms with van der Waals surface area (Å²) in [6, 6.07) is 1.09. The van der Waals surface area contributed by atoms with Gasteiger partial charge < -0.3 is 9.84 Å². The molecule has 1 N–H and O–H groups in total. The normalized spacial score (nSPS) is 11.5. The third kappa shape index (κ3) is 3.56. The Balaban J connectivity index is 3.05. The third-order valence-electron chi connectivity index (χ3n) is 1.35. The molecule has 1 heterocycles. The average molecular weight is 353 g/mol. The average Bonchev–Trinajstić information content (AvgIpc) is 2.08. The van der Waals surface area contributed by atoms with Crippen molar-refractivity contribution in [2.75, 3.05) is 0 Å². The van der Waals surface area contributed by atoms with Gasteiger partial charge in [0.05, 0.1) is 5.88 Å². The summed E-state index contributed by atoms with van der Waals surface area (Å²) in [5.74, 6) is -1.52. The lowest BCUT2D eigenvalue weighted by atomic mass is 10.3. The van der Waals surface area contributed by atoms with E-state index >= 15 is 0 Å². The number of rotatable bonds is 2. The first-order chi connectivity index (χ1) is 6.83. The molecule has 0 aliphatic carbocycles. The van der Waals surface area contributed by atoms with Crippen LogP contribution < -0.4 is 4.74 Å². The van der Waals surface area contributed by atoms with Crippen LogP contribution in [-0.4, -0.2) is 16.5 Å². The molecule has 0 saturated heterocycles. The summed E-state index contributed by atoms with van der Waals surface area (Å²) in [7, 11) is 0. The molecular weight excluding hydrogens is 349 g/mol. The SMILES string of the molecule is Oc1cc(CCl)c(I)nc1OC(F)(F)F. The maximum absolute atomic E-state index is 11.8. The van der Waals surface area contributed by atoms with Gasteiger partial charge >= 0.3 is 6.36 Å². The number of ether oxygens (including phenoxy) is 1. The molecule has 0 spiro atoms. The van der Waals surface area contributed by atoms with Gasteiger partial charge in [-0.05, 0) is 28.7 Å². The lowest BCUT2D eigenvalue weighted by Gasteiger charge is -2.10. The molecule has 0 saturated carbocycles. The Kier molecular flexibility index (Phi) is 3.87. The summed E-state index contributed by atoms with van der Waals surface area (Å²) >= 11 is 7.17. The lowest BCUT2D eigenvalue weighted by molar-refractivity contribution is -0.276. The molecule has 0 bridgehead atoms. The van der Waals surface area contributed by atoms with Crippen molar-refractivity contribution in [1.82, 2.24) is 4.98 Å². The molecule has 3 nitrogen and oxygen atoms in total. The van der Waals surface area contributed by atoms with E-state index in [4.69, 9.17) is 16.7 Å². The van der Waals surface area contributed by atoms with Crippen molar-refractivity contribution in [2.24, 2.45) is 0 Å². The van der Waals surface area contributed by atoms with Crippen molar-refractivity contribution in [3.05, 3.63) is 15.3 Å². The number of aromatic hydroxyl groups is 1. The topological polar surface area (TPSA) is 42.4 Å². The van der Waals surface area contributed by atoms with Gasteiger partial charge in [-0.2, -0.15) is 0 Å². The van der Waals surface area contributed by atoms with Crippen LogP contribution in [0.25, 0.3) is 0 Å². The van der Waals surface area contributed by atoms with E-state index < -0.39 is 18.0 Å². The minimum absolute atomic E-state index is 0.0468. The summed E-state index contributed by atoms with van der Waals surface area (Å²) in [6.45, 7) is 0. The first-order valence-electron chi connectivity index (χ1n) is 3.53. The number of halogens is 5. The van der Waals surface area contributed by atoms with Crippen LogP contribution in [0.15, 0.2) is 6.07 Å². The zero-order valence-corrected chi connectivity index (χ0v) is 9.89. The van der Waals surface area contributed by atoms with Gasteiger partial charge in [0.25, 0.3) is 5.88 Å². The lowest BCUT2D eigenvalue weighted by Crippen LogP contribution is -2.18. The van der Waals surface area contributed by atoms with Gasteiger partial charge in [0.1, 0.15) is 3.70 Å². The van der Waals surface area contributed by atoms with Crippen molar-refractivity contribution in [3.8, 4) is 11.6 Å². The molecule has 8 heteroatoms. The molecule has 0 atom stereocenters. The fraction of sp³-hybridized carbons (Fsp3) is 0.286. The molecule has 0 unspecified atom stereocenters. The smallest absolute Gasteiger partial charge is 0.503 e. The van der Waals surface area contributed by atoms with Crippen LogP contribution in [0, 0.1) is 3.70 Å². The van der Waals surface area contributed by atoms with E-state index in [0.717, 1.165) is 6.07 Å². The summed E-state index contributed by atoms with van der Waals surface area (Å²) in [4.78, 5) is 3.44. The van der Waals surface area contributed by atoms with Crippen LogP contribution in [0.1, 0.15) is 5.56 Å². The highest BCUT2D eigenvalue weighted by atomic mass is 127. The predicted octanol–water partition coefficient (Wildman–Crippen LogP) is 3.03. The second kappa shape index (κ2) is 4.60. The van der Waals surface area contributed by atoms with E-state index in [0.29, 0.717) is 5.56 Å². The molecule has 0 amide bonds. The fourth-order valence-corrected chi connectivity index (χ4v) is 1.78. The fourth-order valence-electron chi connectivity index (χ4n) is 0.783. The molecule has 0 radical (unpaired) electrons. The zero-order valence-electron chi connectivity index (χ0n) is 6.98. The molecule has 0 aliphatic rings. The molecule has 15 heavy (non-hydrogen) atoms.